The first-order valence-corrected chi connectivity index (χ1v) is 6.43. The summed E-state index contributed by atoms with van der Waals surface area (Å²) in [6.07, 6.45) is 0. The van der Waals surface area contributed by atoms with E-state index in [1.165, 1.54) is 0 Å². The number of hydrogen-bond acceptors (Lipinski definition) is 6. The van der Waals surface area contributed by atoms with Crippen molar-refractivity contribution < 1.29 is 29.3 Å². The van der Waals surface area contributed by atoms with Crippen LogP contribution in [-0.2, 0) is 25.6 Å². The molecule has 1 rings (SSSR count). The van der Waals surface area contributed by atoms with Crippen molar-refractivity contribution in [2.75, 3.05) is 26.3 Å². The highest BCUT2D eigenvalue weighted by atomic mass is 32.3. The number of hydrogen-bond donors (Lipinski definition) is 0. The fourth-order valence-electron chi connectivity index (χ4n) is 1.10. The van der Waals surface area contributed by atoms with Gasteiger partial charge >= 0.3 is 20.8 Å². The fraction of sp³-hybridized carbons (Fsp3) is 1.00. The molecule has 0 amide bonds. The molecule has 0 aromatic carbocycles. The van der Waals surface area contributed by atoms with E-state index in [0.717, 1.165) is 0 Å². The van der Waals surface area contributed by atoms with E-state index in [0.29, 0.717) is 5.01 Å². The second kappa shape index (κ2) is 4.25. The van der Waals surface area contributed by atoms with E-state index in [-0.39, 0.29) is 26.3 Å². The molecule has 90 valence electrons. The fourth-order valence-corrected chi connectivity index (χ4v) is 2.83. The van der Waals surface area contributed by atoms with Gasteiger partial charge in [0.25, 0.3) is 0 Å². The van der Waals surface area contributed by atoms with Crippen LogP contribution in [0.15, 0.2) is 0 Å². The Morgan fingerprint density at radius 3 is 1.73 bits per heavy atom. The van der Waals surface area contributed by atoms with Crippen LogP contribution in [0, 0.1) is 0 Å². The van der Waals surface area contributed by atoms with Crippen molar-refractivity contribution in [2.45, 2.75) is 0 Å². The molecular formula is C4H8F2N2O5S2. The molecule has 0 bridgehead atoms. The molecule has 0 atom stereocenters. The number of morpholine rings is 1. The van der Waals surface area contributed by atoms with E-state index >= 15 is 0 Å². The lowest BCUT2D eigenvalue weighted by Crippen LogP contribution is -2.51. The third-order valence-electron chi connectivity index (χ3n) is 1.59. The molecule has 0 radical (unpaired) electrons. The first kappa shape index (κ1) is 12.7. The van der Waals surface area contributed by atoms with E-state index in [9.17, 15) is 24.6 Å². The predicted molar refractivity (Wildman–Crippen MR) is 44.3 cm³/mol. The minimum absolute atomic E-state index is 0.0124. The zero-order chi connectivity index (χ0) is 11.7. The van der Waals surface area contributed by atoms with Gasteiger partial charge in [0.05, 0.1) is 13.2 Å². The predicted octanol–water partition coefficient (Wildman–Crippen LogP) is -1.04. The van der Waals surface area contributed by atoms with Gasteiger partial charge in [0.2, 0.25) is 0 Å². The average molecular weight is 266 g/mol. The molecule has 0 aliphatic carbocycles. The topological polar surface area (TPSA) is 84.0 Å². The lowest BCUT2D eigenvalue weighted by atomic mass is 10.5. The molecule has 0 unspecified atom stereocenters. The third-order valence-corrected chi connectivity index (χ3v) is 3.87. The van der Waals surface area contributed by atoms with Gasteiger partial charge in [-0.2, -0.15) is 16.8 Å². The van der Waals surface area contributed by atoms with Crippen molar-refractivity contribution in [1.29, 1.82) is 0 Å². The van der Waals surface area contributed by atoms with E-state index in [1.807, 2.05) is 0 Å². The molecule has 0 spiro atoms. The van der Waals surface area contributed by atoms with Crippen molar-refractivity contribution >= 4 is 20.8 Å². The molecule has 15 heavy (non-hydrogen) atoms. The molecular weight excluding hydrogens is 258 g/mol. The SMILES string of the molecule is O=S(=O)(F)N(N1CCOCC1)S(=O)(=O)F. The Balaban J connectivity index is 3.01. The zero-order valence-corrected chi connectivity index (χ0v) is 8.97. The number of nitrogens with zero attached hydrogens (tertiary/aromatic N) is 2. The van der Waals surface area contributed by atoms with Crippen LogP contribution in [0.3, 0.4) is 0 Å². The summed E-state index contributed by atoms with van der Waals surface area (Å²) >= 11 is 0. The molecule has 1 heterocycles. The Morgan fingerprint density at radius 2 is 1.40 bits per heavy atom. The van der Waals surface area contributed by atoms with Crippen LogP contribution in [0.2, 0.25) is 0 Å². The van der Waals surface area contributed by atoms with Gasteiger partial charge in [-0.1, -0.05) is 7.77 Å². The molecule has 0 N–H and O–H groups in total. The van der Waals surface area contributed by atoms with Gasteiger partial charge in [-0.3, -0.25) is 0 Å². The van der Waals surface area contributed by atoms with Crippen molar-refractivity contribution in [3.8, 4) is 0 Å². The molecule has 0 aromatic heterocycles. The summed E-state index contributed by atoms with van der Waals surface area (Å²) in [5.74, 6) is 0. The standard InChI is InChI=1S/C4H8F2N2O5S2/c5-14(9,10)8(15(6,11)12)7-1-3-13-4-2-7/h1-4H2. The van der Waals surface area contributed by atoms with Crippen LogP contribution >= 0.6 is 0 Å². The van der Waals surface area contributed by atoms with Crippen LogP contribution in [0.5, 0.6) is 0 Å². The molecule has 1 fully saturated rings. The highest BCUT2D eigenvalue weighted by Gasteiger charge is 2.40. The first-order chi connectivity index (χ1) is 6.73. The Hall–Kier alpha value is -0.360. The summed E-state index contributed by atoms with van der Waals surface area (Å²) in [5, 5.41) is 0.508. The molecule has 1 aliphatic heterocycles. The van der Waals surface area contributed by atoms with Crippen LogP contribution in [-0.4, -0.2) is 52.0 Å². The summed E-state index contributed by atoms with van der Waals surface area (Å²) in [5.41, 5.74) is 0. The first-order valence-electron chi connectivity index (χ1n) is 3.75. The molecule has 11 heteroatoms. The Morgan fingerprint density at radius 1 is 1.00 bits per heavy atom. The van der Waals surface area contributed by atoms with E-state index in [1.54, 1.807) is 0 Å². The van der Waals surface area contributed by atoms with Crippen LogP contribution in [0.25, 0.3) is 0 Å². The number of rotatable bonds is 3. The van der Waals surface area contributed by atoms with Crippen molar-refractivity contribution in [2.24, 2.45) is 0 Å². The lowest BCUT2D eigenvalue weighted by molar-refractivity contribution is -0.0118. The van der Waals surface area contributed by atoms with Gasteiger partial charge in [0.15, 0.2) is 0 Å². The summed E-state index contributed by atoms with van der Waals surface area (Å²) in [6, 6.07) is 0. The van der Waals surface area contributed by atoms with Gasteiger partial charge in [-0.05, 0) is 0 Å². The monoisotopic (exact) mass is 266 g/mol. The molecule has 1 aliphatic rings. The Labute approximate surface area is 85.9 Å². The molecule has 1 saturated heterocycles. The van der Waals surface area contributed by atoms with E-state index < -0.39 is 24.6 Å². The van der Waals surface area contributed by atoms with Gasteiger partial charge in [-0.25, -0.2) is 5.01 Å². The second-order valence-electron chi connectivity index (χ2n) is 2.63. The van der Waals surface area contributed by atoms with Gasteiger partial charge in [0.1, 0.15) is 0 Å². The number of ether oxygens (including phenoxy) is 1. The van der Waals surface area contributed by atoms with Gasteiger partial charge in [-0.15, -0.1) is 0 Å². The Bertz CT molecular complexity index is 382. The average Bonchev–Trinajstić information content (AvgIpc) is 2.00. The minimum atomic E-state index is -5.68. The van der Waals surface area contributed by atoms with Crippen LogP contribution in [0.4, 0.5) is 7.77 Å². The van der Waals surface area contributed by atoms with Crippen LogP contribution in [0.1, 0.15) is 0 Å². The highest BCUT2D eigenvalue weighted by Crippen LogP contribution is 2.16. The maximum Gasteiger partial charge on any atom is 0.404 e. The van der Waals surface area contributed by atoms with E-state index in [2.05, 4.69) is 0 Å². The zero-order valence-electron chi connectivity index (χ0n) is 7.34. The quantitative estimate of drug-likeness (QED) is 0.607. The molecule has 0 aromatic rings. The van der Waals surface area contributed by atoms with Crippen molar-refractivity contribution in [3.63, 3.8) is 0 Å². The normalized spacial score (nSPS) is 20.7. The third kappa shape index (κ3) is 3.31. The van der Waals surface area contributed by atoms with E-state index in [4.69, 9.17) is 4.74 Å². The summed E-state index contributed by atoms with van der Waals surface area (Å²) in [7, 11) is -11.4. The van der Waals surface area contributed by atoms with Crippen molar-refractivity contribution in [1.82, 2.24) is 8.83 Å². The molecule has 7 nitrogen and oxygen atoms in total. The number of halogens is 2. The smallest absolute Gasteiger partial charge is 0.379 e. The lowest BCUT2D eigenvalue weighted by Gasteiger charge is -2.30. The van der Waals surface area contributed by atoms with Crippen LogP contribution < -0.4 is 0 Å². The Kier molecular flexibility index (Phi) is 3.60. The maximum absolute atomic E-state index is 12.5. The largest absolute Gasteiger partial charge is 0.404 e. The second-order valence-corrected chi connectivity index (χ2v) is 5.20. The van der Waals surface area contributed by atoms with Gasteiger partial charge < -0.3 is 4.74 Å². The summed E-state index contributed by atoms with van der Waals surface area (Å²) in [6.45, 7) is -0.484. The van der Waals surface area contributed by atoms with Gasteiger partial charge in [0, 0.05) is 16.9 Å². The number of hydrazine groups is 1. The maximum atomic E-state index is 12.5. The van der Waals surface area contributed by atoms with Crippen molar-refractivity contribution in [3.05, 3.63) is 0 Å². The highest BCUT2D eigenvalue weighted by molar-refractivity contribution is 7.99. The molecule has 0 saturated carbocycles. The summed E-state index contributed by atoms with van der Waals surface area (Å²) in [4.78, 5) is 0. The minimum Gasteiger partial charge on any atom is -0.379 e. The summed E-state index contributed by atoms with van der Waals surface area (Å²) < 4.78 is 70.7.